The van der Waals surface area contributed by atoms with Gasteiger partial charge in [0.15, 0.2) is 0 Å². The van der Waals surface area contributed by atoms with E-state index in [1.165, 1.54) is 9.79 Å². The summed E-state index contributed by atoms with van der Waals surface area (Å²) in [6.07, 6.45) is 0. The standard InChI is InChI=1S/C24H14S2/c1-3-9-19(10-4-1)15-17-21(18-16-20-11-5-2-6-12-20)24-25-22-13-7-8-14-23(22)26-24/h1-14H. The van der Waals surface area contributed by atoms with Crippen LogP contribution in [0.15, 0.2) is 105 Å². The largest absolute Gasteiger partial charge is 0.0958 e. The predicted molar refractivity (Wildman–Crippen MR) is 112 cm³/mol. The monoisotopic (exact) mass is 366 g/mol. The third kappa shape index (κ3) is 4.06. The van der Waals surface area contributed by atoms with Crippen LogP contribution < -0.4 is 0 Å². The Kier molecular flexibility index (Phi) is 5.17. The molecule has 1 aliphatic rings. The molecule has 0 nitrogen and oxygen atoms in total. The van der Waals surface area contributed by atoms with Crippen molar-refractivity contribution in [1.29, 1.82) is 0 Å². The molecule has 0 amide bonds. The minimum atomic E-state index is 0.879. The first-order valence-electron chi connectivity index (χ1n) is 8.22. The van der Waals surface area contributed by atoms with Crippen LogP contribution in [-0.2, 0) is 0 Å². The molecule has 3 aromatic carbocycles. The normalized spacial score (nSPS) is 11.6. The quantitative estimate of drug-likeness (QED) is 0.435. The van der Waals surface area contributed by atoms with Gasteiger partial charge in [0.05, 0.1) is 9.81 Å². The lowest BCUT2D eigenvalue weighted by atomic mass is 10.2. The van der Waals surface area contributed by atoms with Crippen LogP contribution in [0.4, 0.5) is 0 Å². The summed E-state index contributed by atoms with van der Waals surface area (Å²) >= 11 is 3.50. The van der Waals surface area contributed by atoms with E-state index < -0.39 is 0 Å². The van der Waals surface area contributed by atoms with E-state index in [4.69, 9.17) is 0 Å². The van der Waals surface area contributed by atoms with Gasteiger partial charge in [-0.25, -0.2) is 0 Å². The van der Waals surface area contributed by atoms with Gasteiger partial charge in [-0.2, -0.15) is 0 Å². The van der Waals surface area contributed by atoms with E-state index in [2.05, 4.69) is 47.9 Å². The molecule has 0 atom stereocenters. The van der Waals surface area contributed by atoms with Crippen molar-refractivity contribution in [2.75, 3.05) is 0 Å². The maximum atomic E-state index is 3.30. The van der Waals surface area contributed by atoms with Crippen LogP contribution in [0.5, 0.6) is 0 Å². The van der Waals surface area contributed by atoms with Gasteiger partial charge < -0.3 is 0 Å². The molecule has 122 valence electrons. The number of fused-ring (bicyclic) bond motifs is 1. The van der Waals surface area contributed by atoms with Crippen molar-refractivity contribution < 1.29 is 0 Å². The molecule has 0 N–H and O–H groups in total. The van der Waals surface area contributed by atoms with Gasteiger partial charge in [0.2, 0.25) is 0 Å². The lowest BCUT2D eigenvalue weighted by Crippen LogP contribution is -1.80. The van der Waals surface area contributed by atoms with Crippen molar-refractivity contribution in [2.24, 2.45) is 0 Å². The molecule has 3 aromatic rings. The molecular weight excluding hydrogens is 352 g/mol. The Morgan fingerprint density at radius 1 is 0.538 bits per heavy atom. The average Bonchev–Trinajstić information content (AvgIpc) is 3.13. The lowest BCUT2D eigenvalue weighted by molar-refractivity contribution is 1.27. The predicted octanol–water partition coefficient (Wildman–Crippen LogP) is 6.20. The first-order chi connectivity index (χ1) is 12.9. The average molecular weight is 367 g/mol. The molecule has 0 aliphatic carbocycles. The maximum absolute atomic E-state index is 3.30. The summed E-state index contributed by atoms with van der Waals surface area (Å²) in [6, 6.07) is 28.5. The summed E-state index contributed by atoms with van der Waals surface area (Å²) in [6.45, 7) is 0. The summed E-state index contributed by atoms with van der Waals surface area (Å²) in [7, 11) is 0. The van der Waals surface area contributed by atoms with Gasteiger partial charge in [-0.05, 0) is 36.4 Å². The Balaban J connectivity index is 1.73. The molecule has 1 aliphatic heterocycles. The minimum Gasteiger partial charge on any atom is -0.0795 e. The van der Waals surface area contributed by atoms with Gasteiger partial charge in [0.25, 0.3) is 0 Å². The van der Waals surface area contributed by atoms with Gasteiger partial charge >= 0.3 is 0 Å². The van der Waals surface area contributed by atoms with Gasteiger partial charge in [0, 0.05) is 20.9 Å². The molecule has 26 heavy (non-hydrogen) atoms. The Morgan fingerprint density at radius 3 is 1.42 bits per heavy atom. The van der Waals surface area contributed by atoms with Crippen molar-refractivity contribution in [2.45, 2.75) is 9.79 Å². The van der Waals surface area contributed by atoms with E-state index >= 15 is 0 Å². The van der Waals surface area contributed by atoms with Crippen LogP contribution in [-0.4, -0.2) is 0 Å². The summed E-state index contributed by atoms with van der Waals surface area (Å²) in [5, 5.41) is 0. The molecule has 0 aromatic heterocycles. The van der Waals surface area contributed by atoms with E-state index in [9.17, 15) is 0 Å². The third-order valence-electron chi connectivity index (χ3n) is 3.67. The fourth-order valence-electron chi connectivity index (χ4n) is 2.39. The second-order valence-corrected chi connectivity index (χ2v) is 7.91. The number of allylic oxidation sites excluding steroid dienone is 1. The van der Waals surface area contributed by atoms with E-state index in [-0.39, 0.29) is 0 Å². The number of rotatable bonds is 0. The zero-order chi connectivity index (χ0) is 17.6. The van der Waals surface area contributed by atoms with Gasteiger partial charge in [-0.15, -0.1) is 0 Å². The summed E-state index contributed by atoms with van der Waals surface area (Å²) in [5.74, 6) is 13.1. The molecule has 0 saturated carbocycles. The van der Waals surface area contributed by atoms with Gasteiger partial charge in [-0.3, -0.25) is 0 Å². The number of hydrogen-bond donors (Lipinski definition) is 0. The zero-order valence-corrected chi connectivity index (χ0v) is 15.5. The Labute approximate surface area is 162 Å². The summed E-state index contributed by atoms with van der Waals surface area (Å²) in [4.78, 5) is 2.54. The zero-order valence-electron chi connectivity index (χ0n) is 13.9. The topological polar surface area (TPSA) is 0 Å². The van der Waals surface area contributed by atoms with E-state index in [0.29, 0.717) is 0 Å². The summed E-state index contributed by atoms with van der Waals surface area (Å²) in [5.41, 5.74) is 2.87. The highest BCUT2D eigenvalue weighted by Crippen LogP contribution is 2.51. The molecule has 1 heterocycles. The fourth-order valence-corrected chi connectivity index (χ4v) is 4.78. The number of thioether (sulfide) groups is 2. The highest BCUT2D eigenvalue weighted by Gasteiger charge is 2.19. The second kappa shape index (κ2) is 8.07. The van der Waals surface area contributed by atoms with Crippen LogP contribution in [0, 0.1) is 23.7 Å². The number of benzene rings is 3. The molecule has 2 heteroatoms. The SMILES string of the molecule is C(#Cc1ccccc1)C(C#Cc1ccccc1)=C1Sc2ccccc2S1. The van der Waals surface area contributed by atoms with Gasteiger partial charge in [-0.1, -0.05) is 95.7 Å². The van der Waals surface area contributed by atoms with Crippen LogP contribution in [0.3, 0.4) is 0 Å². The van der Waals surface area contributed by atoms with E-state index in [0.717, 1.165) is 20.9 Å². The summed E-state index contributed by atoms with van der Waals surface area (Å²) < 4.78 is 1.15. The van der Waals surface area contributed by atoms with Crippen LogP contribution in [0.2, 0.25) is 0 Å². The van der Waals surface area contributed by atoms with Crippen LogP contribution in [0.25, 0.3) is 0 Å². The van der Waals surface area contributed by atoms with Crippen molar-refractivity contribution in [3.05, 3.63) is 106 Å². The third-order valence-corrected chi connectivity index (χ3v) is 6.23. The van der Waals surface area contributed by atoms with Crippen LogP contribution >= 0.6 is 23.5 Å². The molecule has 0 radical (unpaired) electrons. The van der Waals surface area contributed by atoms with Crippen molar-refractivity contribution in [3.63, 3.8) is 0 Å². The molecule has 4 rings (SSSR count). The Bertz CT molecular complexity index is 986. The first-order valence-corrected chi connectivity index (χ1v) is 9.85. The lowest BCUT2D eigenvalue weighted by Gasteiger charge is -1.96. The van der Waals surface area contributed by atoms with Crippen molar-refractivity contribution in [1.82, 2.24) is 0 Å². The molecule has 0 unspecified atom stereocenters. The highest BCUT2D eigenvalue weighted by molar-refractivity contribution is 8.24. The Morgan fingerprint density at radius 2 is 0.962 bits per heavy atom. The smallest absolute Gasteiger partial charge is 0.0795 e. The molecule has 0 spiro atoms. The Hall–Kier alpha value is -2.78. The van der Waals surface area contributed by atoms with E-state index in [1.807, 2.05) is 60.7 Å². The maximum Gasteiger partial charge on any atom is 0.0958 e. The van der Waals surface area contributed by atoms with Crippen LogP contribution in [0.1, 0.15) is 11.1 Å². The molecule has 0 saturated heterocycles. The van der Waals surface area contributed by atoms with Gasteiger partial charge in [0.1, 0.15) is 0 Å². The fraction of sp³-hybridized carbons (Fsp3) is 0. The highest BCUT2D eigenvalue weighted by atomic mass is 32.2. The number of hydrogen-bond acceptors (Lipinski definition) is 2. The molecule has 0 bridgehead atoms. The molecular formula is C24H14S2. The van der Waals surface area contributed by atoms with Crippen molar-refractivity contribution in [3.8, 4) is 23.7 Å². The first kappa shape index (κ1) is 16.7. The van der Waals surface area contributed by atoms with E-state index in [1.54, 1.807) is 23.5 Å². The second-order valence-electron chi connectivity index (χ2n) is 5.55. The minimum absolute atomic E-state index is 0.879. The molecule has 0 fully saturated rings. The van der Waals surface area contributed by atoms with Crippen molar-refractivity contribution >= 4 is 23.5 Å².